The summed E-state index contributed by atoms with van der Waals surface area (Å²) in [7, 11) is 0. The molecule has 0 aliphatic heterocycles. The molecule has 2 N–H and O–H groups in total. The van der Waals surface area contributed by atoms with Crippen LogP contribution in [0.5, 0.6) is 0 Å². The van der Waals surface area contributed by atoms with Crippen molar-refractivity contribution < 1.29 is 4.79 Å². The summed E-state index contributed by atoms with van der Waals surface area (Å²) in [6, 6.07) is 0.173. The van der Waals surface area contributed by atoms with Crippen molar-refractivity contribution >= 4 is 28.1 Å². The van der Waals surface area contributed by atoms with Crippen LogP contribution in [0.1, 0.15) is 50.3 Å². The van der Waals surface area contributed by atoms with Gasteiger partial charge in [0.25, 0.3) is 0 Å². The molecule has 0 spiro atoms. The van der Waals surface area contributed by atoms with Crippen LogP contribution in [0.2, 0.25) is 0 Å². The topological polar surface area (TPSA) is 71.8 Å². The van der Waals surface area contributed by atoms with E-state index in [1.807, 2.05) is 10.9 Å². The number of rotatable bonds is 5. The molecule has 1 unspecified atom stereocenters. The molecule has 116 valence electrons. The van der Waals surface area contributed by atoms with Crippen LogP contribution in [0, 0.1) is 5.92 Å². The number of carbonyl (C=O) groups is 1. The van der Waals surface area contributed by atoms with Crippen molar-refractivity contribution in [1.82, 2.24) is 14.8 Å². The van der Waals surface area contributed by atoms with Gasteiger partial charge in [0.05, 0.1) is 29.1 Å². The van der Waals surface area contributed by atoms with Crippen LogP contribution in [-0.4, -0.2) is 20.8 Å². The van der Waals surface area contributed by atoms with Gasteiger partial charge in [0.1, 0.15) is 5.00 Å². The average Bonchev–Trinajstić information content (AvgIpc) is 3.42. The molecule has 2 amide bonds. The number of hydrogen-bond donors (Lipinski definition) is 2. The molecule has 2 fully saturated rings. The normalized spacial score (nSPS) is 19.0. The maximum absolute atomic E-state index is 12.1. The van der Waals surface area contributed by atoms with Gasteiger partial charge >= 0.3 is 6.03 Å². The van der Waals surface area contributed by atoms with Gasteiger partial charge in [0.2, 0.25) is 0 Å². The van der Waals surface area contributed by atoms with Crippen molar-refractivity contribution in [2.45, 2.75) is 44.6 Å². The molecule has 2 aliphatic carbocycles. The second-order valence-electron chi connectivity index (χ2n) is 6.21. The summed E-state index contributed by atoms with van der Waals surface area (Å²) in [4.78, 5) is 16.5. The lowest BCUT2D eigenvalue weighted by Crippen LogP contribution is -2.19. The first kappa shape index (κ1) is 13.8. The van der Waals surface area contributed by atoms with Crippen LogP contribution in [0.4, 0.5) is 15.5 Å². The van der Waals surface area contributed by atoms with Gasteiger partial charge in [-0.3, -0.25) is 10.00 Å². The van der Waals surface area contributed by atoms with Gasteiger partial charge in [0.15, 0.2) is 0 Å². The van der Waals surface area contributed by atoms with Gasteiger partial charge in [-0.05, 0) is 38.5 Å². The summed E-state index contributed by atoms with van der Waals surface area (Å²) in [5.74, 6) is 1.27. The minimum atomic E-state index is -0.232. The van der Waals surface area contributed by atoms with Crippen molar-refractivity contribution in [3.8, 4) is 0 Å². The first-order valence-electron chi connectivity index (χ1n) is 7.76. The zero-order valence-electron chi connectivity index (χ0n) is 12.5. The Morgan fingerprint density at radius 3 is 2.91 bits per heavy atom. The highest BCUT2D eigenvalue weighted by Crippen LogP contribution is 2.44. The highest BCUT2D eigenvalue weighted by atomic mass is 32.1. The van der Waals surface area contributed by atoms with Gasteiger partial charge < -0.3 is 5.32 Å². The zero-order chi connectivity index (χ0) is 15.1. The minimum absolute atomic E-state index is 0.232. The molecule has 1 atom stereocenters. The molecule has 2 aliphatic rings. The standard InChI is InChI=1S/C15H19N5OS/c1-9(10-2-3-10)20-7-12(6-17-20)18-15(21)19-14-13(11-4-5-11)16-8-22-14/h6-11H,2-5H2,1H3,(H2,18,19,21). The molecule has 2 saturated carbocycles. The van der Waals surface area contributed by atoms with E-state index in [1.54, 1.807) is 11.7 Å². The van der Waals surface area contributed by atoms with Gasteiger partial charge in [-0.25, -0.2) is 9.78 Å². The van der Waals surface area contributed by atoms with Crippen LogP contribution in [-0.2, 0) is 0 Å². The van der Waals surface area contributed by atoms with Crippen molar-refractivity contribution in [2.24, 2.45) is 5.92 Å². The van der Waals surface area contributed by atoms with Crippen LogP contribution in [0.15, 0.2) is 17.9 Å². The van der Waals surface area contributed by atoms with Crippen LogP contribution in [0.25, 0.3) is 0 Å². The second kappa shape index (κ2) is 5.39. The monoisotopic (exact) mass is 317 g/mol. The fourth-order valence-corrected chi connectivity index (χ4v) is 3.44. The van der Waals surface area contributed by atoms with E-state index >= 15 is 0 Å². The maximum Gasteiger partial charge on any atom is 0.324 e. The Bertz CT molecular complexity index is 686. The zero-order valence-corrected chi connectivity index (χ0v) is 13.3. The largest absolute Gasteiger partial charge is 0.324 e. The number of thiazole rings is 1. The number of urea groups is 1. The fourth-order valence-electron chi connectivity index (χ4n) is 2.68. The third kappa shape index (κ3) is 2.85. The summed E-state index contributed by atoms with van der Waals surface area (Å²) >= 11 is 1.48. The smallest absolute Gasteiger partial charge is 0.305 e. The van der Waals surface area contributed by atoms with E-state index in [-0.39, 0.29) is 6.03 Å². The van der Waals surface area contributed by atoms with Gasteiger partial charge in [-0.1, -0.05) is 0 Å². The Labute approximate surface area is 132 Å². The molecule has 6 nitrogen and oxygen atoms in total. The van der Waals surface area contributed by atoms with E-state index in [2.05, 4.69) is 27.6 Å². The van der Waals surface area contributed by atoms with E-state index in [0.29, 0.717) is 12.0 Å². The predicted molar refractivity (Wildman–Crippen MR) is 86.4 cm³/mol. The lowest BCUT2D eigenvalue weighted by atomic mass is 10.2. The summed E-state index contributed by atoms with van der Waals surface area (Å²) in [6.07, 6.45) is 8.50. The predicted octanol–water partition coefficient (Wildman–Crippen LogP) is 3.83. The third-order valence-electron chi connectivity index (χ3n) is 4.37. The number of amides is 2. The van der Waals surface area contributed by atoms with E-state index in [0.717, 1.165) is 22.3 Å². The summed E-state index contributed by atoms with van der Waals surface area (Å²) in [5, 5.41) is 11.0. The molecule has 2 aromatic rings. The lowest BCUT2D eigenvalue weighted by Gasteiger charge is -2.09. The highest BCUT2D eigenvalue weighted by Gasteiger charge is 2.30. The molecule has 22 heavy (non-hydrogen) atoms. The Kier molecular flexibility index (Phi) is 3.37. The van der Waals surface area contributed by atoms with E-state index < -0.39 is 0 Å². The Morgan fingerprint density at radius 1 is 1.36 bits per heavy atom. The summed E-state index contributed by atoms with van der Waals surface area (Å²) in [6.45, 7) is 2.17. The molecule has 0 bridgehead atoms. The molecular weight excluding hydrogens is 298 g/mol. The van der Waals surface area contributed by atoms with E-state index in [9.17, 15) is 4.79 Å². The first-order chi connectivity index (χ1) is 10.7. The Morgan fingerprint density at radius 2 is 2.18 bits per heavy atom. The van der Waals surface area contributed by atoms with E-state index in [1.165, 1.54) is 37.0 Å². The lowest BCUT2D eigenvalue weighted by molar-refractivity contribution is 0.262. The molecule has 0 saturated heterocycles. The summed E-state index contributed by atoms with van der Waals surface area (Å²) < 4.78 is 1.94. The second-order valence-corrected chi connectivity index (χ2v) is 7.06. The van der Waals surface area contributed by atoms with Crippen molar-refractivity contribution in [3.05, 3.63) is 23.6 Å². The van der Waals surface area contributed by atoms with Crippen LogP contribution >= 0.6 is 11.3 Å². The number of nitrogens with zero attached hydrogens (tertiary/aromatic N) is 3. The third-order valence-corrected chi connectivity index (χ3v) is 5.12. The number of hydrogen-bond acceptors (Lipinski definition) is 4. The molecule has 2 heterocycles. The number of carbonyl (C=O) groups excluding carboxylic acids is 1. The molecule has 4 rings (SSSR count). The van der Waals surface area contributed by atoms with Gasteiger partial charge in [-0.2, -0.15) is 5.10 Å². The highest BCUT2D eigenvalue weighted by molar-refractivity contribution is 7.14. The van der Waals surface area contributed by atoms with Crippen molar-refractivity contribution in [3.63, 3.8) is 0 Å². The SMILES string of the molecule is CC(C1CC1)n1cc(NC(=O)Nc2scnc2C2CC2)cn1. The minimum Gasteiger partial charge on any atom is -0.305 e. The molecular formula is C15H19N5OS. The molecule has 0 aromatic carbocycles. The first-order valence-corrected chi connectivity index (χ1v) is 8.64. The van der Waals surface area contributed by atoms with E-state index in [4.69, 9.17) is 0 Å². The Balaban J connectivity index is 1.38. The fraction of sp³-hybridized carbons (Fsp3) is 0.533. The average molecular weight is 317 g/mol. The van der Waals surface area contributed by atoms with Crippen LogP contribution < -0.4 is 10.6 Å². The summed E-state index contributed by atoms with van der Waals surface area (Å²) in [5.41, 5.74) is 3.54. The molecule has 7 heteroatoms. The number of nitrogens with one attached hydrogen (secondary N) is 2. The number of aromatic nitrogens is 3. The number of anilines is 2. The molecule has 2 aromatic heterocycles. The van der Waals surface area contributed by atoms with Crippen molar-refractivity contribution in [2.75, 3.05) is 10.6 Å². The van der Waals surface area contributed by atoms with Crippen LogP contribution in [0.3, 0.4) is 0 Å². The Hall–Kier alpha value is -1.89. The molecule has 0 radical (unpaired) electrons. The van der Waals surface area contributed by atoms with Gasteiger partial charge in [0, 0.05) is 12.1 Å². The van der Waals surface area contributed by atoms with Crippen molar-refractivity contribution in [1.29, 1.82) is 0 Å². The quantitative estimate of drug-likeness (QED) is 0.880. The van der Waals surface area contributed by atoms with Gasteiger partial charge in [-0.15, -0.1) is 11.3 Å². The maximum atomic E-state index is 12.1.